The van der Waals surface area contributed by atoms with Gasteiger partial charge in [0, 0.05) is 36.2 Å². The number of nitrogens with one attached hydrogen (secondary N) is 1. The molecule has 3 nitrogen and oxygen atoms in total. The lowest BCUT2D eigenvalue weighted by atomic mass is 10.00. The van der Waals surface area contributed by atoms with Crippen LogP contribution >= 0.6 is 40.7 Å². The van der Waals surface area contributed by atoms with Crippen LogP contribution in [0.3, 0.4) is 0 Å². The van der Waals surface area contributed by atoms with E-state index >= 15 is 0 Å². The van der Waals surface area contributed by atoms with Crippen molar-refractivity contribution in [1.82, 2.24) is 10.2 Å². The molecule has 0 amide bonds. The van der Waals surface area contributed by atoms with Gasteiger partial charge in [-0.2, -0.15) is 13.2 Å². The fraction of sp³-hybridized carbons (Fsp3) is 0.429. The van der Waals surface area contributed by atoms with Crippen molar-refractivity contribution in [2.45, 2.75) is 12.2 Å². The first-order valence-electron chi connectivity index (χ1n) is 6.51. The van der Waals surface area contributed by atoms with Gasteiger partial charge in [-0.05, 0) is 12.1 Å². The summed E-state index contributed by atoms with van der Waals surface area (Å²) in [6.45, 7) is 6.58. The molecule has 1 aromatic rings. The molecule has 9 heteroatoms. The van der Waals surface area contributed by atoms with E-state index in [9.17, 15) is 18.3 Å². The third-order valence-electron chi connectivity index (χ3n) is 3.50. The van der Waals surface area contributed by atoms with Crippen molar-refractivity contribution in [2.75, 3.05) is 26.2 Å². The van der Waals surface area contributed by atoms with Crippen molar-refractivity contribution in [3.63, 3.8) is 0 Å². The van der Waals surface area contributed by atoms with Gasteiger partial charge in [0.2, 0.25) is 0 Å². The van der Waals surface area contributed by atoms with Crippen molar-refractivity contribution in [3.8, 4) is 5.75 Å². The summed E-state index contributed by atoms with van der Waals surface area (Å²) in [7, 11) is 0. The number of halogens is 6. The number of rotatable bonds is 3. The average Bonchev–Trinajstić information content (AvgIpc) is 2.43. The third kappa shape index (κ3) is 5.26. The van der Waals surface area contributed by atoms with Crippen LogP contribution in [0.2, 0.25) is 0 Å². The Kier molecular flexibility index (Phi) is 8.94. The Labute approximate surface area is 153 Å². The standard InChI is InChI=1S/C14H16BrF3N2O.2ClH/c1-2-12(20-5-3-19-4-6-20)10-7-9(15)8-11(13(10)21)14(16,17)18;;/h2,7-8,12,19,21H,1,3-6H2;2*1H/t12-;;/m1../s1. The second kappa shape index (κ2) is 9.13. The van der Waals surface area contributed by atoms with Gasteiger partial charge in [-0.3, -0.25) is 4.90 Å². The summed E-state index contributed by atoms with van der Waals surface area (Å²) in [5, 5.41) is 13.2. The third-order valence-corrected chi connectivity index (χ3v) is 3.95. The molecule has 1 atom stereocenters. The topological polar surface area (TPSA) is 35.5 Å². The molecule has 1 saturated heterocycles. The van der Waals surface area contributed by atoms with Crippen molar-refractivity contribution < 1.29 is 18.3 Å². The van der Waals surface area contributed by atoms with Gasteiger partial charge in [0.15, 0.2) is 0 Å². The molecule has 132 valence electrons. The largest absolute Gasteiger partial charge is 0.507 e. The summed E-state index contributed by atoms with van der Waals surface area (Å²) in [6, 6.07) is 1.95. The number of phenolic OH excluding ortho intramolecular Hbond substituents is 1. The molecule has 0 spiro atoms. The molecule has 0 aliphatic carbocycles. The van der Waals surface area contributed by atoms with Gasteiger partial charge in [0.25, 0.3) is 0 Å². The van der Waals surface area contributed by atoms with E-state index in [1.54, 1.807) is 6.08 Å². The predicted molar refractivity (Wildman–Crippen MR) is 92.7 cm³/mol. The molecule has 1 heterocycles. The van der Waals surface area contributed by atoms with Gasteiger partial charge in [0.05, 0.1) is 11.6 Å². The van der Waals surface area contributed by atoms with Gasteiger partial charge in [-0.15, -0.1) is 31.4 Å². The van der Waals surface area contributed by atoms with Crippen molar-refractivity contribution >= 4 is 40.7 Å². The second-order valence-electron chi connectivity index (χ2n) is 4.86. The summed E-state index contributed by atoms with van der Waals surface area (Å²) < 4.78 is 39.2. The monoisotopic (exact) mass is 436 g/mol. The first kappa shape index (κ1) is 22.5. The van der Waals surface area contributed by atoms with Gasteiger partial charge in [0.1, 0.15) is 5.75 Å². The quantitative estimate of drug-likeness (QED) is 0.697. The lowest BCUT2D eigenvalue weighted by Crippen LogP contribution is -2.44. The Bertz CT molecular complexity index is 537. The summed E-state index contributed by atoms with van der Waals surface area (Å²) in [4.78, 5) is 1.99. The van der Waals surface area contributed by atoms with E-state index in [-0.39, 0.29) is 34.9 Å². The van der Waals surface area contributed by atoms with Crippen LogP contribution in [0.25, 0.3) is 0 Å². The molecule has 2 N–H and O–H groups in total. The molecule has 0 bridgehead atoms. The lowest BCUT2D eigenvalue weighted by Gasteiger charge is -2.34. The molecular weight excluding hydrogens is 420 g/mol. The van der Waals surface area contributed by atoms with Crippen LogP contribution in [-0.2, 0) is 6.18 Å². The number of benzene rings is 1. The van der Waals surface area contributed by atoms with E-state index in [4.69, 9.17) is 0 Å². The van der Waals surface area contributed by atoms with Crippen LogP contribution in [0, 0.1) is 0 Å². The summed E-state index contributed by atoms with van der Waals surface area (Å²) in [5.74, 6) is -0.728. The number of alkyl halides is 3. The highest BCUT2D eigenvalue weighted by Gasteiger charge is 2.36. The summed E-state index contributed by atoms with van der Waals surface area (Å²) in [5.41, 5.74) is -0.817. The zero-order valence-corrected chi connectivity index (χ0v) is 15.3. The van der Waals surface area contributed by atoms with E-state index in [0.717, 1.165) is 19.2 Å². The molecule has 0 aromatic heterocycles. The van der Waals surface area contributed by atoms with Crippen LogP contribution in [0.15, 0.2) is 29.3 Å². The van der Waals surface area contributed by atoms with E-state index in [1.807, 2.05) is 4.90 Å². The zero-order chi connectivity index (χ0) is 15.6. The highest BCUT2D eigenvalue weighted by Crippen LogP contribution is 2.42. The highest BCUT2D eigenvalue weighted by molar-refractivity contribution is 9.10. The van der Waals surface area contributed by atoms with Crippen molar-refractivity contribution in [1.29, 1.82) is 0 Å². The minimum absolute atomic E-state index is 0. The Morgan fingerprint density at radius 1 is 1.26 bits per heavy atom. The molecule has 1 aliphatic heterocycles. The normalized spacial score (nSPS) is 16.9. The van der Waals surface area contributed by atoms with Gasteiger partial charge in [-0.1, -0.05) is 22.0 Å². The van der Waals surface area contributed by atoms with Crippen LogP contribution < -0.4 is 5.32 Å². The maximum atomic E-state index is 13.0. The maximum Gasteiger partial charge on any atom is 0.420 e. The molecule has 0 unspecified atom stereocenters. The second-order valence-corrected chi connectivity index (χ2v) is 5.77. The molecule has 1 aromatic carbocycles. The molecule has 1 fully saturated rings. The highest BCUT2D eigenvalue weighted by atomic mass is 79.9. The number of hydrogen-bond donors (Lipinski definition) is 2. The SMILES string of the molecule is C=C[C@H](c1cc(Br)cc(C(F)(F)F)c1O)N1CCNCC1.Cl.Cl. The van der Waals surface area contributed by atoms with Crippen LogP contribution in [0.5, 0.6) is 5.75 Å². The molecule has 23 heavy (non-hydrogen) atoms. The minimum atomic E-state index is -4.60. The van der Waals surface area contributed by atoms with Crippen LogP contribution in [0.4, 0.5) is 13.2 Å². The number of aromatic hydroxyl groups is 1. The Morgan fingerprint density at radius 3 is 2.30 bits per heavy atom. The van der Waals surface area contributed by atoms with E-state index in [0.29, 0.717) is 13.1 Å². The molecule has 0 saturated carbocycles. The average molecular weight is 438 g/mol. The fourth-order valence-corrected chi connectivity index (χ4v) is 2.97. The van der Waals surface area contributed by atoms with Gasteiger partial charge < -0.3 is 10.4 Å². The number of piperazine rings is 1. The zero-order valence-electron chi connectivity index (χ0n) is 12.1. The first-order valence-corrected chi connectivity index (χ1v) is 7.31. The molecule has 0 radical (unpaired) electrons. The van der Waals surface area contributed by atoms with Gasteiger partial charge in [-0.25, -0.2) is 0 Å². The van der Waals surface area contributed by atoms with Crippen LogP contribution in [0.1, 0.15) is 17.2 Å². The molecule has 2 rings (SSSR count). The predicted octanol–water partition coefficient (Wildman–Crippen LogP) is 4.15. The Balaban J connectivity index is 0.00000242. The fourth-order valence-electron chi connectivity index (χ4n) is 2.49. The van der Waals surface area contributed by atoms with Crippen molar-refractivity contribution in [3.05, 3.63) is 40.4 Å². The Morgan fingerprint density at radius 2 is 1.83 bits per heavy atom. The van der Waals surface area contributed by atoms with E-state index in [2.05, 4.69) is 27.8 Å². The molecule has 1 aliphatic rings. The van der Waals surface area contributed by atoms with E-state index in [1.165, 1.54) is 6.07 Å². The first-order chi connectivity index (χ1) is 9.84. The maximum absolute atomic E-state index is 13.0. The Hall–Kier alpha value is -0.470. The number of hydrogen-bond acceptors (Lipinski definition) is 3. The van der Waals surface area contributed by atoms with Crippen LogP contribution in [-0.4, -0.2) is 36.2 Å². The number of nitrogens with zero attached hydrogens (tertiary/aromatic N) is 1. The smallest absolute Gasteiger partial charge is 0.420 e. The minimum Gasteiger partial charge on any atom is -0.507 e. The lowest BCUT2D eigenvalue weighted by molar-refractivity contribution is -0.138. The summed E-state index contributed by atoms with van der Waals surface area (Å²) >= 11 is 3.08. The molecular formula is C14H18BrCl2F3N2O. The van der Waals surface area contributed by atoms with Gasteiger partial charge >= 0.3 is 6.18 Å². The van der Waals surface area contributed by atoms with E-state index < -0.39 is 23.5 Å². The summed E-state index contributed by atoms with van der Waals surface area (Å²) in [6.07, 6.45) is -3.04. The number of phenols is 1. The van der Waals surface area contributed by atoms with Crippen molar-refractivity contribution in [2.24, 2.45) is 0 Å².